The minimum Gasteiger partial charge on any atom is -0.481 e. The fourth-order valence-corrected chi connectivity index (χ4v) is 1.27. The fraction of sp³-hybridized carbons (Fsp3) is 0.182. The molecule has 0 bridgehead atoms. The van der Waals surface area contributed by atoms with E-state index in [9.17, 15) is 0 Å². The number of pyridine rings is 1. The molecule has 0 aliphatic rings. The molecule has 16 heavy (non-hydrogen) atoms. The molecule has 0 saturated heterocycles. The van der Waals surface area contributed by atoms with E-state index in [-0.39, 0.29) is 0 Å². The Morgan fingerprint density at radius 2 is 2.00 bits per heavy atom. The summed E-state index contributed by atoms with van der Waals surface area (Å²) < 4.78 is 4.98. The number of nitrogens with one attached hydrogen (secondary N) is 1. The summed E-state index contributed by atoms with van der Waals surface area (Å²) >= 11 is 0. The van der Waals surface area contributed by atoms with Gasteiger partial charge in [-0.3, -0.25) is 0 Å². The molecule has 0 atom stereocenters. The van der Waals surface area contributed by atoms with Crippen molar-refractivity contribution in [2.45, 2.75) is 0 Å². The van der Waals surface area contributed by atoms with E-state index >= 15 is 0 Å². The molecule has 2 aromatic rings. The maximum absolute atomic E-state index is 4.98. The van der Waals surface area contributed by atoms with Gasteiger partial charge >= 0.3 is 0 Å². The molecule has 0 aliphatic heterocycles. The van der Waals surface area contributed by atoms with Gasteiger partial charge in [0.05, 0.1) is 12.8 Å². The average molecular weight is 216 g/mol. The molecule has 1 N–H and O–H groups in total. The molecule has 2 rings (SSSR count). The molecule has 82 valence electrons. The zero-order chi connectivity index (χ0) is 11.4. The summed E-state index contributed by atoms with van der Waals surface area (Å²) in [5.41, 5.74) is 1.70. The third-order valence-corrected chi connectivity index (χ3v) is 2.16. The second-order valence-corrected chi connectivity index (χ2v) is 3.14. The van der Waals surface area contributed by atoms with Crippen molar-refractivity contribution in [1.29, 1.82) is 0 Å². The molecule has 5 nitrogen and oxygen atoms in total. The Labute approximate surface area is 93.5 Å². The summed E-state index contributed by atoms with van der Waals surface area (Å²) in [5, 5.41) is 11.0. The average Bonchev–Trinajstić information content (AvgIpc) is 2.39. The highest BCUT2D eigenvalue weighted by atomic mass is 16.5. The Bertz CT molecular complexity index is 407. The van der Waals surface area contributed by atoms with E-state index in [0.717, 1.165) is 17.1 Å². The maximum Gasteiger partial charge on any atom is 0.212 e. The number of hydrogen-bond acceptors (Lipinski definition) is 5. The van der Waals surface area contributed by atoms with Crippen molar-refractivity contribution in [3.63, 3.8) is 0 Å². The van der Waals surface area contributed by atoms with Crippen molar-refractivity contribution in [3.05, 3.63) is 30.5 Å². The van der Waals surface area contributed by atoms with Gasteiger partial charge in [-0.15, -0.1) is 10.2 Å². The van der Waals surface area contributed by atoms with Crippen LogP contribution < -0.4 is 10.1 Å². The Morgan fingerprint density at radius 3 is 2.50 bits per heavy atom. The Balaban J connectivity index is 2.28. The van der Waals surface area contributed by atoms with E-state index in [1.165, 1.54) is 0 Å². The number of methoxy groups -OCH3 is 1. The van der Waals surface area contributed by atoms with Crippen LogP contribution in [0, 0.1) is 0 Å². The van der Waals surface area contributed by atoms with Crippen LogP contribution in [0.15, 0.2) is 30.5 Å². The first-order valence-corrected chi connectivity index (χ1v) is 4.85. The van der Waals surface area contributed by atoms with Crippen LogP contribution in [0.25, 0.3) is 11.3 Å². The Hall–Kier alpha value is -2.17. The minimum absolute atomic E-state index is 0.587. The van der Waals surface area contributed by atoms with E-state index in [4.69, 9.17) is 4.74 Å². The standard InChI is InChI=1S/C11H12N4O/c1-12-10-5-4-9(14-15-10)8-3-6-11(16-2)13-7-8/h3-7H,1-2H3,(H,12,15). The van der Waals surface area contributed by atoms with Gasteiger partial charge in [0.1, 0.15) is 5.82 Å². The summed E-state index contributed by atoms with van der Waals surface area (Å²) in [6.45, 7) is 0. The maximum atomic E-state index is 4.98. The molecule has 0 fully saturated rings. The quantitative estimate of drug-likeness (QED) is 0.844. The first-order chi connectivity index (χ1) is 7.83. The molecular weight excluding hydrogens is 204 g/mol. The van der Waals surface area contributed by atoms with Gasteiger partial charge in [0.2, 0.25) is 5.88 Å². The van der Waals surface area contributed by atoms with Gasteiger partial charge in [0.25, 0.3) is 0 Å². The number of ether oxygens (including phenoxy) is 1. The van der Waals surface area contributed by atoms with E-state index < -0.39 is 0 Å². The van der Waals surface area contributed by atoms with Gasteiger partial charge in [-0.25, -0.2) is 4.98 Å². The molecule has 0 amide bonds. The van der Waals surface area contributed by atoms with Gasteiger partial charge in [-0.2, -0.15) is 0 Å². The monoisotopic (exact) mass is 216 g/mol. The number of anilines is 1. The summed E-state index contributed by atoms with van der Waals surface area (Å²) in [7, 11) is 3.39. The largest absolute Gasteiger partial charge is 0.481 e. The number of aromatic nitrogens is 3. The van der Waals surface area contributed by atoms with Crippen molar-refractivity contribution in [1.82, 2.24) is 15.2 Å². The number of nitrogens with zero attached hydrogens (tertiary/aromatic N) is 3. The molecule has 0 aliphatic carbocycles. The fourth-order valence-electron chi connectivity index (χ4n) is 1.27. The highest BCUT2D eigenvalue weighted by molar-refractivity contribution is 5.58. The highest BCUT2D eigenvalue weighted by Crippen LogP contribution is 2.17. The lowest BCUT2D eigenvalue weighted by Gasteiger charge is -2.02. The van der Waals surface area contributed by atoms with Crippen LogP contribution in [0.1, 0.15) is 0 Å². The molecular formula is C11H12N4O. The smallest absolute Gasteiger partial charge is 0.212 e. The zero-order valence-corrected chi connectivity index (χ0v) is 9.14. The Kier molecular flexibility index (Phi) is 2.95. The molecule has 5 heteroatoms. The molecule has 0 saturated carbocycles. The van der Waals surface area contributed by atoms with Crippen LogP contribution in [-0.4, -0.2) is 29.3 Å². The molecule has 0 radical (unpaired) electrons. The van der Waals surface area contributed by atoms with Gasteiger partial charge < -0.3 is 10.1 Å². The summed E-state index contributed by atoms with van der Waals surface area (Å²) in [5.74, 6) is 1.33. The second kappa shape index (κ2) is 4.57. The van der Waals surface area contributed by atoms with Crippen molar-refractivity contribution >= 4 is 5.82 Å². The van der Waals surface area contributed by atoms with Gasteiger partial charge in [-0.05, 0) is 18.2 Å². The third-order valence-electron chi connectivity index (χ3n) is 2.16. The molecule has 2 heterocycles. The lowest BCUT2D eigenvalue weighted by atomic mass is 10.2. The van der Waals surface area contributed by atoms with Crippen LogP contribution in [0.4, 0.5) is 5.82 Å². The van der Waals surface area contributed by atoms with Crippen LogP contribution in [0.3, 0.4) is 0 Å². The van der Waals surface area contributed by atoms with Crippen molar-refractivity contribution in [2.24, 2.45) is 0 Å². The van der Waals surface area contributed by atoms with Crippen LogP contribution >= 0.6 is 0 Å². The van der Waals surface area contributed by atoms with Crippen LogP contribution in [0.5, 0.6) is 5.88 Å². The Morgan fingerprint density at radius 1 is 1.12 bits per heavy atom. The predicted octanol–water partition coefficient (Wildman–Crippen LogP) is 1.59. The predicted molar refractivity (Wildman–Crippen MR) is 61.4 cm³/mol. The van der Waals surface area contributed by atoms with Gasteiger partial charge in [-0.1, -0.05) is 0 Å². The van der Waals surface area contributed by atoms with Crippen molar-refractivity contribution < 1.29 is 4.74 Å². The number of hydrogen-bond donors (Lipinski definition) is 1. The number of rotatable bonds is 3. The van der Waals surface area contributed by atoms with E-state index in [2.05, 4.69) is 20.5 Å². The van der Waals surface area contributed by atoms with Crippen LogP contribution in [-0.2, 0) is 0 Å². The van der Waals surface area contributed by atoms with Crippen molar-refractivity contribution in [2.75, 3.05) is 19.5 Å². The molecule has 0 unspecified atom stereocenters. The van der Waals surface area contributed by atoms with Gasteiger partial charge in [0.15, 0.2) is 0 Å². The summed E-state index contributed by atoms with van der Waals surface area (Å²) in [6, 6.07) is 7.45. The zero-order valence-electron chi connectivity index (χ0n) is 9.14. The first kappa shape index (κ1) is 10.4. The van der Waals surface area contributed by atoms with E-state index in [0.29, 0.717) is 5.88 Å². The lowest BCUT2D eigenvalue weighted by molar-refractivity contribution is 0.398. The van der Waals surface area contributed by atoms with Crippen molar-refractivity contribution in [3.8, 4) is 17.1 Å². The minimum atomic E-state index is 0.587. The summed E-state index contributed by atoms with van der Waals surface area (Å²) in [6.07, 6.45) is 1.71. The normalized spacial score (nSPS) is 9.88. The summed E-state index contributed by atoms with van der Waals surface area (Å²) in [4.78, 5) is 4.11. The topological polar surface area (TPSA) is 59.9 Å². The van der Waals surface area contributed by atoms with E-state index in [1.807, 2.05) is 18.2 Å². The molecule has 2 aromatic heterocycles. The van der Waals surface area contributed by atoms with Gasteiger partial charge in [0, 0.05) is 24.9 Å². The van der Waals surface area contributed by atoms with Crippen LogP contribution in [0.2, 0.25) is 0 Å². The SMILES string of the molecule is CNc1ccc(-c2ccc(OC)nc2)nn1. The molecule has 0 spiro atoms. The highest BCUT2D eigenvalue weighted by Gasteiger charge is 2.01. The van der Waals surface area contributed by atoms with E-state index in [1.54, 1.807) is 26.4 Å². The molecule has 0 aromatic carbocycles. The second-order valence-electron chi connectivity index (χ2n) is 3.14. The third kappa shape index (κ3) is 2.08. The first-order valence-electron chi connectivity index (χ1n) is 4.85. The lowest BCUT2D eigenvalue weighted by Crippen LogP contribution is -1.95.